The molecule has 0 saturated carbocycles. The highest BCUT2D eigenvalue weighted by Crippen LogP contribution is 2.46. The highest BCUT2D eigenvalue weighted by atomic mass is 32.2. The Labute approximate surface area is 145 Å². The number of halogens is 2. The normalized spacial score (nSPS) is 29.9. The average Bonchev–Trinajstić information content (AvgIpc) is 2.60. The van der Waals surface area contributed by atoms with Crippen molar-refractivity contribution in [2.45, 2.75) is 31.5 Å². The van der Waals surface area contributed by atoms with Crippen molar-refractivity contribution in [2.24, 2.45) is 16.6 Å². The van der Waals surface area contributed by atoms with Gasteiger partial charge in [-0.05, 0) is 30.7 Å². The maximum absolute atomic E-state index is 14.7. The molecular formula is C17H23F2N3OS. The van der Waals surface area contributed by atoms with Gasteiger partial charge in [-0.25, -0.2) is 13.8 Å². The van der Waals surface area contributed by atoms with Gasteiger partial charge in [-0.15, -0.1) is 0 Å². The summed E-state index contributed by atoms with van der Waals surface area (Å²) in [6, 6.07) is 5.09. The first-order valence-electron chi connectivity index (χ1n) is 8.24. The summed E-state index contributed by atoms with van der Waals surface area (Å²) in [6.45, 7) is 3.15. The van der Waals surface area contributed by atoms with Crippen molar-refractivity contribution >= 4 is 16.9 Å². The van der Waals surface area contributed by atoms with Crippen LogP contribution >= 0.6 is 11.8 Å². The molecule has 2 heterocycles. The number of fused-ring (bicyclic) bond motifs is 1. The minimum Gasteiger partial charge on any atom is -0.379 e. The maximum atomic E-state index is 14.7. The topological polar surface area (TPSA) is 59.6 Å². The van der Waals surface area contributed by atoms with E-state index in [1.807, 2.05) is 13.0 Å². The predicted octanol–water partition coefficient (Wildman–Crippen LogP) is 2.57. The first-order chi connectivity index (χ1) is 11.6. The summed E-state index contributed by atoms with van der Waals surface area (Å²) in [6.07, 6.45) is 0.0863. The summed E-state index contributed by atoms with van der Waals surface area (Å²) in [4.78, 5) is 4.61. The molecule has 3 atom stereocenters. The van der Waals surface area contributed by atoms with E-state index >= 15 is 0 Å². The number of nitrogens with two attached hydrogens (primary N) is 1. The van der Waals surface area contributed by atoms with Crippen LogP contribution in [0.4, 0.5) is 8.78 Å². The Morgan fingerprint density at radius 1 is 1.50 bits per heavy atom. The van der Waals surface area contributed by atoms with Gasteiger partial charge in [-0.2, -0.15) is 0 Å². The lowest BCUT2D eigenvalue weighted by atomic mass is 9.74. The third-order valence-corrected chi connectivity index (χ3v) is 5.71. The van der Waals surface area contributed by atoms with E-state index in [4.69, 9.17) is 10.5 Å². The molecule has 1 aromatic carbocycles. The molecule has 24 heavy (non-hydrogen) atoms. The highest BCUT2D eigenvalue weighted by Gasteiger charge is 2.49. The molecule has 0 amide bonds. The van der Waals surface area contributed by atoms with Crippen molar-refractivity contribution in [1.82, 2.24) is 5.32 Å². The van der Waals surface area contributed by atoms with Gasteiger partial charge in [0.05, 0.1) is 12.7 Å². The minimum absolute atomic E-state index is 0.00758. The van der Waals surface area contributed by atoms with Crippen molar-refractivity contribution in [2.75, 3.05) is 25.6 Å². The second-order valence-electron chi connectivity index (χ2n) is 6.30. The lowest BCUT2D eigenvalue weighted by Crippen LogP contribution is -2.50. The smallest absolute Gasteiger partial charge is 0.154 e. The monoisotopic (exact) mass is 355 g/mol. The molecule has 0 aromatic heterocycles. The summed E-state index contributed by atoms with van der Waals surface area (Å²) in [5, 5.41) is 3.68. The summed E-state index contributed by atoms with van der Waals surface area (Å²) >= 11 is 1.45. The van der Waals surface area contributed by atoms with Crippen LogP contribution in [0.2, 0.25) is 0 Å². The first-order valence-corrected chi connectivity index (χ1v) is 9.23. The van der Waals surface area contributed by atoms with E-state index < -0.39 is 18.3 Å². The predicted molar refractivity (Wildman–Crippen MR) is 93.4 cm³/mol. The molecule has 1 aromatic rings. The fourth-order valence-electron chi connectivity index (χ4n) is 3.44. The van der Waals surface area contributed by atoms with E-state index in [1.165, 1.54) is 17.8 Å². The molecule has 4 nitrogen and oxygen atoms in total. The Kier molecular flexibility index (Phi) is 5.42. The van der Waals surface area contributed by atoms with Crippen LogP contribution in [0.25, 0.3) is 0 Å². The van der Waals surface area contributed by atoms with E-state index in [-0.39, 0.29) is 18.3 Å². The SMILES string of the molecule is CCNCc1ccc(F)c([C@]23CO[C@@H](CF)C[C@H]2CSC(N)=N3)c1. The molecule has 0 spiro atoms. The number of benzene rings is 1. The lowest BCUT2D eigenvalue weighted by molar-refractivity contribution is -0.0652. The third-order valence-electron chi connectivity index (χ3n) is 4.75. The summed E-state index contributed by atoms with van der Waals surface area (Å²) < 4.78 is 33.4. The molecule has 0 bridgehead atoms. The minimum atomic E-state index is -0.854. The van der Waals surface area contributed by atoms with Gasteiger partial charge < -0.3 is 15.8 Å². The van der Waals surface area contributed by atoms with Gasteiger partial charge in [0.1, 0.15) is 18.0 Å². The molecule has 0 radical (unpaired) electrons. The van der Waals surface area contributed by atoms with Crippen LogP contribution < -0.4 is 11.1 Å². The number of alkyl halides is 1. The zero-order valence-corrected chi connectivity index (χ0v) is 14.5. The number of rotatable bonds is 5. The Bertz CT molecular complexity index is 628. The molecule has 3 rings (SSSR count). The molecule has 0 aliphatic carbocycles. The van der Waals surface area contributed by atoms with Crippen LogP contribution in [0.15, 0.2) is 23.2 Å². The highest BCUT2D eigenvalue weighted by molar-refractivity contribution is 8.13. The van der Waals surface area contributed by atoms with Crippen molar-refractivity contribution in [3.63, 3.8) is 0 Å². The zero-order chi connectivity index (χ0) is 17.2. The second kappa shape index (κ2) is 7.37. The number of aliphatic imine (C=N–C) groups is 1. The molecule has 0 unspecified atom stereocenters. The maximum Gasteiger partial charge on any atom is 0.154 e. The average molecular weight is 355 g/mol. The van der Waals surface area contributed by atoms with E-state index in [2.05, 4.69) is 10.3 Å². The van der Waals surface area contributed by atoms with Gasteiger partial charge in [0.15, 0.2) is 5.17 Å². The van der Waals surface area contributed by atoms with Gasteiger partial charge in [0.2, 0.25) is 0 Å². The van der Waals surface area contributed by atoms with E-state index in [1.54, 1.807) is 6.07 Å². The van der Waals surface area contributed by atoms with E-state index in [9.17, 15) is 8.78 Å². The van der Waals surface area contributed by atoms with Crippen molar-refractivity contribution in [3.05, 3.63) is 35.1 Å². The Balaban J connectivity index is 2.01. The van der Waals surface area contributed by atoms with Crippen LogP contribution in [-0.4, -0.2) is 36.9 Å². The Hall–Kier alpha value is -1.18. The van der Waals surface area contributed by atoms with E-state index in [0.717, 1.165) is 12.1 Å². The second-order valence-corrected chi connectivity index (χ2v) is 7.34. The summed E-state index contributed by atoms with van der Waals surface area (Å²) in [7, 11) is 0. The Morgan fingerprint density at radius 2 is 2.33 bits per heavy atom. The molecule has 3 N–H and O–H groups in total. The van der Waals surface area contributed by atoms with E-state index in [0.29, 0.717) is 29.4 Å². The number of ether oxygens (including phenoxy) is 1. The van der Waals surface area contributed by atoms with Gasteiger partial charge in [-0.1, -0.05) is 24.8 Å². The zero-order valence-electron chi connectivity index (χ0n) is 13.7. The van der Waals surface area contributed by atoms with Crippen LogP contribution in [0, 0.1) is 11.7 Å². The van der Waals surface area contributed by atoms with Gasteiger partial charge in [0.25, 0.3) is 0 Å². The van der Waals surface area contributed by atoms with Crippen molar-refractivity contribution < 1.29 is 13.5 Å². The molecule has 7 heteroatoms. The number of thioether (sulfide) groups is 1. The Morgan fingerprint density at radius 3 is 3.08 bits per heavy atom. The largest absolute Gasteiger partial charge is 0.379 e. The molecule has 2 aliphatic rings. The molecule has 2 aliphatic heterocycles. The van der Waals surface area contributed by atoms with Crippen LogP contribution in [0.3, 0.4) is 0 Å². The van der Waals surface area contributed by atoms with Crippen molar-refractivity contribution in [3.8, 4) is 0 Å². The number of hydrogen-bond acceptors (Lipinski definition) is 5. The van der Waals surface area contributed by atoms with Crippen molar-refractivity contribution in [1.29, 1.82) is 0 Å². The summed E-state index contributed by atoms with van der Waals surface area (Å²) in [5.41, 5.74) is 6.58. The fraction of sp³-hybridized carbons (Fsp3) is 0.588. The molecular weight excluding hydrogens is 332 g/mol. The molecule has 1 saturated heterocycles. The lowest BCUT2D eigenvalue weighted by Gasteiger charge is -2.46. The molecule has 1 fully saturated rings. The number of nitrogens with one attached hydrogen (secondary N) is 1. The van der Waals surface area contributed by atoms with Crippen LogP contribution in [0.5, 0.6) is 0 Å². The third kappa shape index (κ3) is 3.30. The fourth-order valence-corrected chi connectivity index (χ4v) is 4.45. The quantitative estimate of drug-likeness (QED) is 0.852. The first kappa shape index (κ1) is 17.6. The van der Waals surface area contributed by atoms with Crippen LogP contribution in [0.1, 0.15) is 24.5 Å². The van der Waals surface area contributed by atoms with Gasteiger partial charge >= 0.3 is 0 Å². The molecule has 132 valence electrons. The summed E-state index contributed by atoms with van der Waals surface area (Å²) in [5.74, 6) is 0.394. The number of nitrogens with zero attached hydrogens (tertiary/aromatic N) is 1. The number of hydrogen-bond donors (Lipinski definition) is 2. The number of amidine groups is 1. The standard InChI is InChI=1S/C17H23F2N3OS/c1-2-21-8-11-3-4-15(19)14(5-11)17-10-23-13(7-18)6-12(17)9-24-16(20)22-17/h3-5,12-13,21H,2,6-10H2,1H3,(H2,20,22)/t12-,13+,17-/m0/s1. The van der Waals surface area contributed by atoms with Gasteiger partial charge in [-0.3, -0.25) is 0 Å². The van der Waals surface area contributed by atoms with Gasteiger partial charge in [0, 0.05) is 23.8 Å². The van der Waals surface area contributed by atoms with Crippen LogP contribution in [-0.2, 0) is 16.8 Å².